The molecule has 20 heavy (non-hydrogen) atoms. The van der Waals surface area contributed by atoms with Gasteiger partial charge in [0, 0.05) is 6.42 Å². The Labute approximate surface area is 122 Å². The molecular weight excluding hydrogens is 248 g/mol. The van der Waals surface area contributed by atoms with Gasteiger partial charge in [0.05, 0.1) is 6.10 Å². The normalized spacial score (nSPS) is 25.4. The van der Waals surface area contributed by atoms with Crippen molar-refractivity contribution in [2.45, 2.75) is 70.5 Å². The van der Waals surface area contributed by atoms with Crippen LogP contribution in [0.3, 0.4) is 0 Å². The predicted octanol–water partition coefficient (Wildman–Crippen LogP) is 4.40. The first-order chi connectivity index (χ1) is 9.74. The highest BCUT2D eigenvalue weighted by molar-refractivity contribution is 5.41. The number of fused-ring (bicyclic) bond motifs is 1. The van der Waals surface area contributed by atoms with Gasteiger partial charge in [-0.05, 0) is 48.9 Å². The predicted molar refractivity (Wildman–Crippen MR) is 81.0 cm³/mol. The molecule has 0 aromatic heterocycles. The third-order valence-corrected chi connectivity index (χ3v) is 4.86. The fourth-order valence-electron chi connectivity index (χ4n) is 3.70. The molecule has 0 bridgehead atoms. The minimum Gasteiger partial charge on any atom is -0.490 e. The van der Waals surface area contributed by atoms with Crippen LogP contribution in [0.15, 0.2) is 18.2 Å². The first-order valence-electron chi connectivity index (χ1n) is 8.21. The van der Waals surface area contributed by atoms with Crippen molar-refractivity contribution in [2.75, 3.05) is 0 Å². The van der Waals surface area contributed by atoms with Crippen molar-refractivity contribution >= 4 is 0 Å². The van der Waals surface area contributed by atoms with Crippen LogP contribution in [0.4, 0.5) is 0 Å². The Kier molecular flexibility index (Phi) is 4.30. The van der Waals surface area contributed by atoms with E-state index in [0.29, 0.717) is 5.92 Å². The van der Waals surface area contributed by atoms with Gasteiger partial charge in [-0.1, -0.05) is 38.2 Å². The van der Waals surface area contributed by atoms with Crippen LogP contribution in [-0.2, 0) is 6.42 Å². The highest BCUT2D eigenvalue weighted by atomic mass is 16.5. The summed E-state index contributed by atoms with van der Waals surface area (Å²) in [6, 6.07) is 6.27. The van der Waals surface area contributed by atoms with E-state index in [0.717, 1.165) is 17.7 Å². The maximum atomic E-state index is 10.7. The number of hydrogen-bond acceptors (Lipinski definition) is 2. The van der Waals surface area contributed by atoms with E-state index in [1.807, 2.05) is 6.07 Å². The highest BCUT2D eigenvalue weighted by Gasteiger charge is 2.24. The van der Waals surface area contributed by atoms with Crippen molar-refractivity contribution in [1.82, 2.24) is 0 Å². The van der Waals surface area contributed by atoms with Crippen LogP contribution < -0.4 is 4.74 Å². The van der Waals surface area contributed by atoms with Gasteiger partial charge in [0.1, 0.15) is 11.9 Å². The Morgan fingerprint density at radius 3 is 2.55 bits per heavy atom. The van der Waals surface area contributed by atoms with E-state index >= 15 is 0 Å². The average Bonchev–Trinajstić information content (AvgIpc) is 2.76. The molecule has 1 saturated carbocycles. The first kappa shape index (κ1) is 13.9. The van der Waals surface area contributed by atoms with E-state index in [-0.39, 0.29) is 12.2 Å². The van der Waals surface area contributed by atoms with Gasteiger partial charge in [-0.3, -0.25) is 0 Å². The zero-order valence-electron chi connectivity index (χ0n) is 12.5. The minimum atomic E-state index is -0.297. The first-order valence-corrected chi connectivity index (χ1v) is 8.21. The lowest BCUT2D eigenvalue weighted by atomic mass is 9.84. The lowest BCUT2D eigenvalue weighted by Gasteiger charge is -2.25. The van der Waals surface area contributed by atoms with E-state index in [2.05, 4.69) is 19.1 Å². The summed E-state index contributed by atoms with van der Waals surface area (Å²) in [5.74, 6) is 1.44. The second-order valence-corrected chi connectivity index (χ2v) is 6.55. The van der Waals surface area contributed by atoms with Crippen molar-refractivity contribution in [3.05, 3.63) is 29.3 Å². The summed E-state index contributed by atoms with van der Waals surface area (Å²) in [5.41, 5.74) is 2.35. The standard InChI is InChI=1S/C18H26O2/c1-13-11-16-12-15(9-10-17(16)20-13)18(19)14-7-5-3-2-4-6-8-14/h9-10,12-14,18-19H,2-8,11H2,1H3. The van der Waals surface area contributed by atoms with Gasteiger partial charge < -0.3 is 9.84 Å². The Balaban J connectivity index is 1.73. The molecule has 0 saturated heterocycles. The number of rotatable bonds is 2. The summed E-state index contributed by atoms with van der Waals surface area (Å²) in [7, 11) is 0. The van der Waals surface area contributed by atoms with Crippen LogP contribution >= 0.6 is 0 Å². The Morgan fingerprint density at radius 1 is 1.10 bits per heavy atom. The van der Waals surface area contributed by atoms with Crippen molar-refractivity contribution in [2.24, 2.45) is 5.92 Å². The smallest absolute Gasteiger partial charge is 0.123 e. The lowest BCUT2D eigenvalue weighted by molar-refractivity contribution is 0.0912. The fourth-order valence-corrected chi connectivity index (χ4v) is 3.70. The number of benzene rings is 1. The van der Waals surface area contributed by atoms with E-state index in [1.54, 1.807) is 0 Å². The third-order valence-electron chi connectivity index (χ3n) is 4.86. The molecule has 0 spiro atoms. The molecular formula is C18H26O2. The van der Waals surface area contributed by atoms with E-state index in [4.69, 9.17) is 4.74 Å². The van der Waals surface area contributed by atoms with Gasteiger partial charge in [-0.2, -0.15) is 0 Å². The largest absolute Gasteiger partial charge is 0.490 e. The van der Waals surface area contributed by atoms with Gasteiger partial charge in [-0.15, -0.1) is 0 Å². The summed E-state index contributed by atoms with van der Waals surface area (Å²) in [4.78, 5) is 0. The molecule has 0 amide bonds. The molecule has 1 N–H and O–H groups in total. The molecule has 2 heteroatoms. The van der Waals surface area contributed by atoms with Crippen molar-refractivity contribution in [1.29, 1.82) is 0 Å². The molecule has 2 unspecified atom stereocenters. The molecule has 0 radical (unpaired) electrons. The van der Waals surface area contributed by atoms with Crippen LogP contribution in [0.5, 0.6) is 5.75 Å². The van der Waals surface area contributed by atoms with E-state index < -0.39 is 0 Å². The van der Waals surface area contributed by atoms with Crippen molar-refractivity contribution in [3.8, 4) is 5.75 Å². The molecule has 3 rings (SSSR count). The molecule has 1 aliphatic heterocycles. The maximum Gasteiger partial charge on any atom is 0.123 e. The number of hydrogen-bond donors (Lipinski definition) is 1. The Morgan fingerprint density at radius 2 is 1.80 bits per heavy atom. The number of aliphatic hydroxyl groups excluding tert-OH is 1. The van der Waals surface area contributed by atoms with Crippen LogP contribution in [0.2, 0.25) is 0 Å². The third kappa shape index (κ3) is 3.01. The monoisotopic (exact) mass is 274 g/mol. The lowest BCUT2D eigenvalue weighted by Crippen LogP contribution is -2.14. The van der Waals surface area contributed by atoms with E-state index in [1.165, 1.54) is 50.5 Å². The number of ether oxygens (including phenoxy) is 1. The summed E-state index contributed by atoms with van der Waals surface area (Å²) < 4.78 is 5.74. The fraction of sp³-hybridized carbons (Fsp3) is 0.667. The van der Waals surface area contributed by atoms with Gasteiger partial charge in [0.2, 0.25) is 0 Å². The minimum absolute atomic E-state index is 0.277. The summed E-state index contributed by atoms with van der Waals surface area (Å²) >= 11 is 0. The molecule has 1 aromatic rings. The topological polar surface area (TPSA) is 29.5 Å². The quantitative estimate of drug-likeness (QED) is 0.866. The summed E-state index contributed by atoms with van der Waals surface area (Å²) in [5, 5.41) is 10.7. The van der Waals surface area contributed by atoms with Gasteiger partial charge in [-0.25, -0.2) is 0 Å². The molecule has 1 fully saturated rings. The average molecular weight is 274 g/mol. The molecule has 1 aliphatic carbocycles. The SMILES string of the molecule is CC1Cc2cc(C(O)C3CCCCCCC3)ccc2O1. The van der Waals surface area contributed by atoms with Crippen molar-refractivity contribution < 1.29 is 9.84 Å². The molecule has 2 atom stereocenters. The summed E-state index contributed by atoms with van der Waals surface area (Å²) in [6.45, 7) is 2.10. The van der Waals surface area contributed by atoms with Crippen LogP contribution in [0.25, 0.3) is 0 Å². The zero-order valence-corrected chi connectivity index (χ0v) is 12.5. The Bertz CT molecular complexity index is 447. The second kappa shape index (κ2) is 6.17. The highest BCUT2D eigenvalue weighted by Crippen LogP contribution is 2.36. The van der Waals surface area contributed by atoms with Gasteiger partial charge in [0.15, 0.2) is 0 Å². The maximum absolute atomic E-state index is 10.7. The second-order valence-electron chi connectivity index (χ2n) is 6.55. The van der Waals surface area contributed by atoms with E-state index in [9.17, 15) is 5.11 Å². The van der Waals surface area contributed by atoms with Gasteiger partial charge in [0.25, 0.3) is 0 Å². The zero-order chi connectivity index (χ0) is 13.9. The molecule has 1 aromatic carbocycles. The summed E-state index contributed by atoms with van der Waals surface area (Å²) in [6.07, 6.45) is 9.87. The van der Waals surface area contributed by atoms with Crippen LogP contribution in [0, 0.1) is 5.92 Å². The Hall–Kier alpha value is -1.02. The molecule has 110 valence electrons. The number of aliphatic hydroxyl groups is 1. The van der Waals surface area contributed by atoms with Crippen LogP contribution in [0.1, 0.15) is 69.1 Å². The van der Waals surface area contributed by atoms with Crippen molar-refractivity contribution in [3.63, 3.8) is 0 Å². The van der Waals surface area contributed by atoms with Crippen LogP contribution in [-0.4, -0.2) is 11.2 Å². The molecule has 1 heterocycles. The van der Waals surface area contributed by atoms with Gasteiger partial charge >= 0.3 is 0 Å². The molecule has 2 aliphatic rings. The molecule has 2 nitrogen and oxygen atoms in total.